The highest BCUT2D eigenvalue weighted by molar-refractivity contribution is 5.94. The number of aromatic hydroxyl groups is 1. The lowest BCUT2D eigenvalue weighted by molar-refractivity contribution is 0.156. The largest absolute Gasteiger partial charge is 0.508 e. The van der Waals surface area contributed by atoms with Crippen molar-refractivity contribution >= 4 is 34.5 Å². The summed E-state index contributed by atoms with van der Waals surface area (Å²) in [5.74, 6) is 8.35. The molecule has 5 aliphatic rings. The summed E-state index contributed by atoms with van der Waals surface area (Å²) < 4.78 is 27.3. The van der Waals surface area contributed by atoms with Gasteiger partial charge in [0.05, 0.1) is 55.7 Å². The van der Waals surface area contributed by atoms with E-state index in [1.54, 1.807) is 30.3 Å². The molecule has 5 atom stereocenters. The van der Waals surface area contributed by atoms with Gasteiger partial charge in [-0.3, -0.25) is 4.79 Å². The van der Waals surface area contributed by atoms with Gasteiger partial charge >= 0.3 is 0 Å². The maximum absolute atomic E-state index is 15.2. The summed E-state index contributed by atoms with van der Waals surface area (Å²) in [5, 5.41) is 36.9. The normalized spacial score (nSPS) is 20.0. The molecule has 14 heteroatoms. The van der Waals surface area contributed by atoms with Crippen LogP contribution in [0.5, 0.6) is 23.0 Å². The highest BCUT2D eigenvalue weighted by Crippen LogP contribution is 2.52. The summed E-state index contributed by atoms with van der Waals surface area (Å²) in [6, 6.07) is 34.5. The van der Waals surface area contributed by atoms with Crippen molar-refractivity contribution in [2.24, 2.45) is 22.4 Å². The zero-order valence-corrected chi connectivity index (χ0v) is 44.3. The predicted octanol–water partition coefficient (Wildman–Crippen LogP) is 9.42. The molecular formula is C64H68N6O8. The molecule has 402 valence electrons. The molecule has 0 radical (unpaired) electrons. The Balaban J connectivity index is 1.19. The molecule has 0 amide bonds. The number of benzene rings is 5. The SMILES string of the molecule is CCc1cc2c([nH]1)N1CCN[C@H]3C#C[C@H](Cc4cccc-2c4)c2c(c(OC)c(OCC[C@@H](O)/C=C/c4ccccc4)c4c(=O)cc(-c5ccc(O)cc5)oc24)OC[C@@H](CO)Cc2ccc(cc2N=C(N)N)C2(CCCCC2)[C@@H]31. The molecule has 7 aromatic rings. The van der Waals surface area contributed by atoms with Crippen LogP contribution < -0.4 is 41.3 Å². The number of anilines is 1. The first-order valence-electron chi connectivity index (χ1n) is 27.4. The lowest BCUT2D eigenvalue weighted by Gasteiger charge is -2.54. The average Bonchev–Trinajstić information content (AvgIpc) is 4.05. The smallest absolute Gasteiger partial charge is 0.204 e. The number of aliphatic hydroxyl groups is 2. The van der Waals surface area contributed by atoms with Crippen LogP contribution in [0, 0.1) is 17.8 Å². The average molecular weight is 1050 g/mol. The van der Waals surface area contributed by atoms with Crippen molar-refractivity contribution in [1.82, 2.24) is 10.3 Å². The number of phenols is 1. The molecule has 14 nitrogen and oxygen atoms in total. The third kappa shape index (κ3) is 10.3. The number of aromatic nitrogens is 1. The summed E-state index contributed by atoms with van der Waals surface area (Å²) in [7, 11) is 1.51. The lowest BCUT2D eigenvalue weighted by atomic mass is 9.62. The van der Waals surface area contributed by atoms with Crippen molar-refractivity contribution in [3.05, 3.63) is 159 Å². The number of ether oxygens (including phenoxy) is 3. The molecule has 8 bridgehead atoms. The van der Waals surface area contributed by atoms with Crippen molar-refractivity contribution in [2.45, 2.75) is 94.2 Å². The molecule has 1 aliphatic carbocycles. The Morgan fingerprint density at radius 2 is 1.77 bits per heavy atom. The molecule has 5 aromatic carbocycles. The summed E-state index contributed by atoms with van der Waals surface area (Å²) in [6.07, 6.45) is 9.34. The minimum absolute atomic E-state index is 0.0174. The Morgan fingerprint density at radius 3 is 2.54 bits per heavy atom. The van der Waals surface area contributed by atoms with E-state index < -0.39 is 28.8 Å². The number of H-pyrrole nitrogens is 1. The summed E-state index contributed by atoms with van der Waals surface area (Å²) in [5.41, 5.74) is 20.7. The topological polar surface area (TPSA) is 214 Å². The number of methoxy groups -OCH3 is 1. The van der Waals surface area contributed by atoms with E-state index in [1.807, 2.05) is 36.4 Å². The van der Waals surface area contributed by atoms with Crippen molar-refractivity contribution in [3.63, 3.8) is 0 Å². The number of hydrogen-bond donors (Lipinski definition) is 7. The molecule has 1 saturated heterocycles. The molecule has 2 fully saturated rings. The fourth-order valence-corrected chi connectivity index (χ4v) is 12.4. The molecule has 1 saturated carbocycles. The second-order valence-corrected chi connectivity index (χ2v) is 21.2. The zero-order valence-electron chi connectivity index (χ0n) is 44.3. The number of piperazine rings is 1. The van der Waals surface area contributed by atoms with Crippen LogP contribution in [0.1, 0.15) is 84.9 Å². The Morgan fingerprint density at radius 1 is 0.949 bits per heavy atom. The Kier molecular flexibility index (Phi) is 15.1. The quantitative estimate of drug-likeness (QED) is 0.0367. The fraction of sp³-hybridized carbons (Fsp3) is 0.344. The van der Waals surface area contributed by atoms with Gasteiger partial charge in [0.2, 0.25) is 5.75 Å². The number of aliphatic imine (C=N–C) groups is 1. The fourth-order valence-electron chi connectivity index (χ4n) is 12.4. The first-order valence-corrected chi connectivity index (χ1v) is 27.4. The number of aromatic amines is 1. The number of nitrogens with two attached hydrogens (primary N) is 2. The standard InChI is InChI=1S/C64H68N6O8/c1-3-47-35-50-43-14-10-13-40(31-43)32-45-19-24-51-61(70(29-28-67-51)62(50)68-47)64(26-8-5-9-27-64)46-20-16-44(52(34-46)69-63(65)66)33-41(37-71)38-77-58-55(45)57-56(53(74)36-54(78-57)42-17-22-48(72)23-18-42)59(60(58)75-2)76-30-25-49(73)21-15-39-11-6-4-7-12-39/h4,6-7,10-18,20-23,31,34-36,41,45,49,51,61,67-68,71-73H,3,5,8-9,25-30,32-33,37-38H2,1-2H3,(H4,65,66,69)/b21-15+/t41-,45-,49+,51+,61-/m1/s1. The van der Waals surface area contributed by atoms with Gasteiger partial charge in [0.15, 0.2) is 28.5 Å². The number of phenolic OH excluding ortho intramolecular Hbond substituents is 1. The van der Waals surface area contributed by atoms with Gasteiger partial charge in [-0.25, -0.2) is 4.99 Å². The van der Waals surface area contributed by atoms with Crippen LogP contribution in [-0.2, 0) is 24.7 Å². The molecular weight excluding hydrogens is 981 g/mol. The second kappa shape index (κ2) is 22.6. The van der Waals surface area contributed by atoms with E-state index in [0.717, 1.165) is 83.4 Å². The Labute approximate surface area is 454 Å². The van der Waals surface area contributed by atoms with Gasteiger partial charge in [-0.2, -0.15) is 0 Å². The minimum Gasteiger partial charge on any atom is -0.508 e. The number of rotatable bonds is 11. The van der Waals surface area contributed by atoms with Crippen molar-refractivity contribution in [1.29, 1.82) is 0 Å². The number of aliphatic hydroxyl groups excluding tert-OH is 2. The number of aryl methyl sites for hydroxylation is 1. The van der Waals surface area contributed by atoms with Gasteiger partial charge < -0.3 is 60.6 Å². The van der Waals surface area contributed by atoms with Crippen molar-refractivity contribution in [3.8, 4) is 57.3 Å². The van der Waals surface area contributed by atoms with Crippen LogP contribution >= 0.6 is 0 Å². The highest BCUT2D eigenvalue weighted by Gasteiger charge is 2.50. The molecule has 0 unspecified atom stereocenters. The number of fused-ring (bicyclic) bond motifs is 11. The van der Waals surface area contributed by atoms with E-state index in [-0.39, 0.29) is 84.0 Å². The van der Waals surface area contributed by atoms with E-state index >= 15 is 4.79 Å². The molecule has 2 aromatic heterocycles. The Bertz CT molecular complexity index is 3490. The van der Waals surface area contributed by atoms with Gasteiger partial charge in [0.1, 0.15) is 22.7 Å². The summed E-state index contributed by atoms with van der Waals surface area (Å²) in [4.78, 5) is 26.4. The van der Waals surface area contributed by atoms with Crippen molar-refractivity contribution in [2.75, 3.05) is 44.9 Å². The predicted molar refractivity (Wildman–Crippen MR) is 307 cm³/mol. The van der Waals surface area contributed by atoms with E-state index in [9.17, 15) is 15.3 Å². The summed E-state index contributed by atoms with van der Waals surface area (Å²) >= 11 is 0. The first-order chi connectivity index (χ1) is 38.0. The minimum atomic E-state index is -0.885. The molecule has 1 spiro atoms. The van der Waals surface area contributed by atoms with Gasteiger partial charge in [0.25, 0.3) is 0 Å². The maximum Gasteiger partial charge on any atom is 0.204 e. The van der Waals surface area contributed by atoms with Crippen LogP contribution in [0.25, 0.3) is 39.5 Å². The van der Waals surface area contributed by atoms with Crippen LogP contribution in [0.15, 0.2) is 129 Å². The van der Waals surface area contributed by atoms with Gasteiger partial charge in [0, 0.05) is 60.3 Å². The molecule has 6 heterocycles. The van der Waals surface area contributed by atoms with Crippen LogP contribution in [0.2, 0.25) is 0 Å². The van der Waals surface area contributed by atoms with Gasteiger partial charge in [-0.1, -0.05) is 117 Å². The highest BCUT2D eigenvalue weighted by atomic mass is 16.5. The number of hydrogen-bond acceptors (Lipinski definition) is 11. The third-order valence-electron chi connectivity index (χ3n) is 16.2. The van der Waals surface area contributed by atoms with Crippen molar-refractivity contribution < 1.29 is 33.9 Å². The molecule has 4 aliphatic heterocycles. The number of nitrogens with one attached hydrogen (secondary N) is 2. The van der Waals surface area contributed by atoms with Crippen LogP contribution in [-0.4, -0.2) is 84.5 Å². The first kappa shape index (κ1) is 52.1. The summed E-state index contributed by atoms with van der Waals surface area (Å²) in [6.45, 7) is 3.26. The molecule has 78 heavy (non-hydrogen) atoms. The molecule has 9 N–H and O–H groups in total. The van der Waals surface area contributed by atoms with E-state index in [1.165, 1.54) is 13.2 Å². The number of nitrogens with zero attached hydrogens (tertiary/aromatic N) is 2. The lowest BCUT2D eigenvalue weighted by Crippen LogP contribution is -2.66. The van der Waals surface area contributed by atoms with E-state index in [4.69, 9.17) is 35.1 Å². The maximum atomic E-state index is 15.2. The van der Waals surface area contributed by atoms with Gasteiger partial charge in [-0.05, 0) is 96.3 Å². The van der Waals surface area contributed by atoms with E-state index in [0.29, 0.717) is 42.7 Å². The monoisotopic (exact) mass is 1050 g/mol. The zero-order chi connectivity index (χ0) is 53.9. The van der Waals surface area contributed by atoms with Crippen LogP contribution in [0.4, 0.5) is 11.5 Å². The third-order valence-corrected chi connectivity index (χ3v) is 16.2. The molecule has 12 rings (SSSR count). The number of guanidine groups is 1. The van der Waals surface area contributed by atoms with Gasteiger partial charge in [-0.15, -0.1) is 0 Å². The van der Waals surface area contributed by atoms with Crippen LogP contribution in [0.3, 0.4) is 0 Å². The second-order valence-electron chi connectivity index (χ2n) is 21.2. The Hall–Kier alpha value is -7.96. The van der Waals surface area contributed by atoms with E-state index in [2.05, 4.69) is 82.5 Å².